The molecular formula is C16H23N5O5. The van der Waals surface area contributed by atoms with Gasteiger partial charge in [0.2, 0.25) is 0 Å². The minimum absolute atomic E-state index is 0.176. The molecular weight excluding hydrogens is 342 g/mol. The zero-order valence-electron chi connectivity index (χ0n) is 14.6. The van der Waals surface area contributed by atoms with E-state index < -0.39 is 24.0 Å². The average molecular weight is 365 g/mol. The van der Waals surface area contributed by atoms with Crippen molar-refractivity contribution in [3.05, 3.63) is 29.8 Å². The molecule has 142 valence electrons. The number of para-hydroxylation sites is 1. The van der Waals surface area contributed by atoms with Crippen LogP contribution >= 0.6 is 0 Å². The van der Waals surface area contributed by atoms with E-state index in [0.717, 1.165) is 0 Å². The smallest absolute Gasteiger partial charge is 0.339 e. The van der Waals surface area contributed by atoms with Crippen LogP contribution in [0.2, 0.25) is 0 Å². The fraction of sp³-hybridized carbons (Fsp3) is 0.375. The highest BCUT2D eigenvalue weighted by atomic mass is 16.5. The Kier molecular flexibility index (Phi) is 8.41. The average Bonchev–Trinajstić information content (AvgIpc) is 2.63. The summed E-state index contributed by atoms with van der Waals surface area (Å²) in [6.07, 6.45) is 0.747. The van der Waals surface area contributed by atoms with Crippen LogP contribution in [0.1, 0.15) is 23.2 Å². The Balaban J connectivity index is 2.71. The monoisotopic (exact) mass is 365 g/mol. The van der Waals surface area contributed by atoms with Gasteiger partial charge in [-0.3, -0.25) is 5.41 Å². The van der Waals surface area contributed by atoms with Crippen LogP contribution in [-0.4, -0.2) is 50.7 Å². The molecule has 0 bridgehead atoms. The molecule has 10 heteroatoms. The molecule has 0 fully saturated rings. The van der Waals surface area contributed by atoms with E-state index in [4.69, 9.17) is 11.1 Å². The molecule has 0 aliphatic heterocycles. The highest BCUT2D eigenvalue weighted by molar-refractivity contribution is 6.01. The van der Waals surface area contributed by atoms with Gasteiger partial charge in [-0.25, -0.2) is 14.4 Å². The Morgan fingerprint density at radius 1 is 1.19 bits per heavy atom. The summed E-state index contributed by atoms with van der Waals surface area (Å²) in [5.41, 5.74) is 5.61. The molecule has 0 aliphatic carbocycles. The first kappa shape index (κ1) is 20.7. The number of guanidine groups is 1. The number of nitrogens with one attached hydrogen (secondary N) is 4. The Hall–Kier alpha value is -3.30. The number of carbonyl (C=O) groups excluding carboxylic acids is 3. The van der Waals surface area contributed by atoms with Crippen LogP contribution in [0.15, 0.2) is 24.3 Å². The summed E-state index contributed by atoms with van der Waals surface area (Å²) in [6, 6.07) is 4.76. The Morgan fingerprint density at radius 3 is 2.50 bits per heavy atom. The quantitative estimate of drug-likeness (QED) is 0.193. The third-order valence-corrected chi connectivity index (χ3v) is 3.36. The highest BCUT2D eigenvalue weighted by Gasteiger charge is 2.22. The lowest BCUT2D eigenvalue weighted by atomic mass is 10.1. The van der Waals surface area contributed by atoms with Gasteiger partial charge in [0, 0.05) is 6.54 Å². The van der Waals surface area contributed by atoms with Crippen molar-refractivity contribution in [1.82, 2.24) is 10.6 Å². The number of esters is 2. The lowest BCUT2D eigenvalue weighted by Gasteiger charge is -2.17. The van der Waals surface area contributed by atoms with Crippen LogP contribution in [0, 0.1) is 5.41 Å². The normalized spacial score (nSPS) is 11.0. The number of anilines is 1. The molecule has 1 atom stereocenters. The van der Waals surface area contributed by atoms with Gasteiger partial charge in [-0.1, -0.05) is 12.1 Å². The highest BCUT2D eigenvalue weighted by Crippen LogP contribution is 2.16. The van der Waals surface area contributed by atoms with Crippen LogP contribution in [0.25, 0.3) is 0 Å². The van der Waals surface area contributed by atoms with Crippen molar-refractivity contribution in [1.29, 1.82) is 5.41 Å². The van der Waals surface area contributed by atoms with Gasteiger partial charge in [0.15, 0.2) is 5.96 Å². The second-order valence-electron chi connectivity index (χ2n) is 5.19. The van der Waals surface area contributed by atoms with Crippen LogP contribution in [0.5, 0.6) is 0 Å². The first-order valence-electron chi connectivity index (χ1n) is 7.79. The molecule has 6 N–H and O–H groups in total. The number of benzene rings is 1. The Labute approximate surface area is 150 Å². The maximum absolute atomic E-state index is 12.2. The zero-order valence-corrected chi connectivity index (χ0v) is 14.6. The van der Waals surface area contributed by atoms with Crippen LogP contribution < -0.4 is 21.7 Å². The first-order chi connectivity index (χ1) is 12.4. The predicted molar refractivity (Wildman–Crippen MR) is 94.9 cm³/mol. The maximum Gasteiger partial charge on any atom is 0.339 e. The molecule has 1 aromatic carbocycles. The topological polar surface area (TPSA) is 156 Å². The molecule has 0 aliphatic rings. The van der Waals surface area contributed by atoms with Crippen molar-refractivity contribution in [3.8, 4) is 0 Å². The molecule has 0 radical (unpaired) electrons. The fourth-order valence-corrected chi connectivity index (χ4v) is 2.12. The minimum Gasteiger partial charge on any atom is -0.467 e. The fourth-order valence-electron chi connectivity index (χ4n) is 2.12. The van der Waals surface area contributed by atoms with E-state index in [9.17, 15) is 14.4 Å². The Bertz CT molecular complexity index is 664. The lowest BCUT2D eigenvalue weighted by Crippen LogP contribution is -2.44. The van der Waals surface area contributed by atoms with Gasteiger partial charge in [-0.05, 0) is 25.0 Å². The molecule has 0 saturated carbocycles. The predicted octanol–water partition coefficient (Wildman–Crippen LogP) is 0.400. The number of carbonyl (C=O) groups is 3. The number of methoxy groups -OCH3 is 2. The van der Waals surface area contributed by atoms with Gasteiger partial charge >= 0.3 is 18.0 Å². The summed E-state index contributed by atoms with van der Waals surface area (Å²) in [6.45, 7) is 0.372. The molecule has 1 rings (SSSR count). The van der Waals surface area contributed by atoms with E-state index in [1.165, 1.54) is 26.4 Å². The van der Waals surface area contributed by atoms with Gasteiger partial charge in [0.1, 0.15) is 6.04 Å². The van der Waals surface area contributed by atoms with Gasteiger partial charge < -0.3 is 31.2 Å². The van der Waals surface area contributed by atoms with Crippen molar-refractivity contribution in [2.45, 2.75) is 18.9 Å². The molecule has 0 unspecified atom stereocenters. The largest absolute Gasteiger partial charge is 0.467 e. The van der Waals surface area contributed by atoms with E-state index in [-0.39, 0.29) is 23.6 Å². The Morgan fingerprint density at radius 2 is 1.88 bits per heavy atom. The number of rotatable bonds is 8. The van der Waals surface area contributed by atoms with E-state index in [1.807, 2.05) is 0 Å². The third-order valence-electron chi connectivity index (χ3n) is 3.36. The summed E-state index contributed by atoms with van der Waals surface area (Å²) in [5.74, 6) is -1.38. The molecule has 26 heavy (non-hydrogen) atoms. The second kappa shape index (κ2) is 10.5. The van der Waals surface area contributed by atoms with E-state index in [0.29, 0.717) is 13.0 Å². The van der Waals surface area contributed by atoms with Crippen molar-refractivity contribution in [2.24, 2.45) is 5.73 Å². The number of ether oxygens (including phenoxy) is 2. The summed E-state index contributed by atoms with van der Waals surface area (Å²) in [5, 5.41) is 14.7. The van der Waals surface area contributed by atoms with E-state index in [2.05, 4.69) is 25.4 Å². The number of urea groups is 1. The van der Waals surface area contributed by atoms with Crippen LogP contribution in [-0.2, 0) is 14.3 Å². The van der Waals surface area contributed by atoms with Crippen molar-refractivity contribution in [3.63, 3.8) is 0 Å². The maximum atomic E-state index is 12.2. The summed E-state index contributed by atoms with van der Waals surface area (Å²) >= 11 is 0. The molecule has 10 nitrogen and oxygen atoms in total. The summed E-state index contributed by atoms with van der Waals surface area (Å²) in [7, 11) is 2.46. The number of hydrogen-bond acceptors (Lipinski definition) is 6. The van der Waals surface area contributed by atoms with Gasteiger partial charge in [0.25, 0.3) is 0 Å². The van der Waals surface area contributed by atoms with Crippen LogP contribution in [0.4, 0.5) is 10.5 Å². The minimum atomic E-state index is -0.890. The lowest BCUT2D eigenvalue weighted by molar-refractivity contribution is -0.143. The molecule has 0 saturated heterocycles. The first-order valence-corrected chi connectivity index (χ1v) is 7.79. The summed E-state index contributed by atoms with van der Waals surface area (Å²) in [4.78, 5) is 35.7. The number of amides is 2. The van der Waals surface area contributed by atoms with Gasteiger partial charge in [-0.15, -0.1) is 0 Å². The SMILES string of the molecule is COC(=O)c1ccccc1NC(=O)N[C@@H](CCCNC(=N)N)C(=O)OC. The zero-order chi connectivity index (χ0) is 19.5. The standard InChI is InChI=1S/C16H23N5O5/c1-25-13(22)10-6-3-4-7-11(10)20-16(24)21-12(14(23)26-2)8-5-9-19-15(17)18/h3-4,6-7,12H,5,8-9H2,1-2H3,(H4,17,18,19)(H2,20,21,24)/t12-/m0/s1. The van der Waals surface area contributed by atoms with E-state index >= 15 is 0 Å². The molecule has 0 aromatic heterocycles. The second-order valence-corrected chi connectivity index (χ2v) is 5.19. The molecule has 2 amide bonds. The molecule has 0 spiro atoms. The number of hydrogen-bond donors (Lipinski definition) is 5. The van der Waals surface area contributed by atoms with Gasteiger partial charge in [-0.2, -0.15) is 0 Å². The van der Waals surface area contributed by atoms with Crippen molar-refractivity contribution < 1.29 is 23.9 Å². The van der Waals surface area contributed by atoms with Gasteiger partial charge in [0.05, 0.1) is 25.5 Å². The third kappa shape index (κ3) is 6.67. The molecule has 1 aromatic rings. The van der Waals surface area contributed by atoms with E-state index in [1.54, 1.807) is 12.1 Å². The number of nitrogens with two attached hydrogens (primary N) is 1. The van der Waals surface area contributed by atoms with Crippen molar-refractivity contribution in [2.75, 3.05) is 26.1 Å². The van der Waals surface area contributed by atoms with Crippen LogP contribution in [0.3, 0.4) is 0 Å². The van der Waals surface area contributed by atoms with Crippen molar-refractivity contribution >= 4 is 29.6 Å². The molecule has 0 heterocycles. The summed E-state index contributed by atoms with van der Waals surface area (Å²) < 4.78 is 9.34.